The number of carbonyl (C=O) groups is 4. The van der Waals surface area contributed by atoms with Gasteiger partial charge < -0.3 is 14.8 Å². The predicted molar refractivity (Wildman–Crippen MR) is 58.3 cm³/mol. The number of amides is 1. The quantitative estimate of drug-likeness (QED) is 0.388. The lowest BCUT2D eigenvalue weighted by Crippen LogP contribution is -2.34. The molecule has 0 aromatic rings. The SMILES string of the molecule is CCOC(=O)/C=C/C(=O)OCC1NC(=O)CC1=O. The Balaban J connectivity index is 2.31. The molecular formula is C11H13NO6. The Morgan fingerprint density at radius 3 is 2.39 bits per heavy atom. The summed E-state index contributed by atoms with van der Waals surface area (Å²) in [6.45, 7) is 1.61. The van der Waals surface area contributed by atoms with Gasteiger partial charge in [-0.05, 0) is 6.92 Å². The number of rotatable bonds is 5. The summed E-state index contributed by atoms with van der Waals surface area (Å²) < 4.78 is 9.26. The number of carbonyl (C=O) groups excluding carboxylic acids is 4. The van der Waals surface area contributed by atoms with Gasteiger partial charge in [0.05, 0.1) is 13.0 Å². The first-order valence-corrected chi connectivity index (χ1v) is 5.36. The maximum atomic E-state index is 11.2. The van der Waals surface area contributed by atoms with E-state index in [4.69, 9.17) is 4.74 Å². The molecule has 1 N–H and O–H groups in total. The molecule has 1 amide bonds. The van der Waals surface area contributed by atoms with Crippen LogP contribution in [0.5, 0.6) is 0 Å². The molecule has 0 spiro atoms. The summed E-state index contributed by atoms with van der Waals surface area (Å²) in [5.74, 6) is -2.14. The number of hydrogen-bond donors (Lipinski definition) is 1. The summed E-state index contributed by atoms with van der Waals surface area (Å²) >= 11 is 0. The van der Waals surface area contributed by atoms with Crippen molar-refractivity contribution in [1.29, 1.82) is 0 Å². The molecule has 1 rings (SSSR count). The lowest BCUT2D eigenvalue weighted by atomic mass is 10.2. The molecule has 0 radical (unpaired) electrons. The number of hydrogen-bond acceptors (Lipinski definition) is 6. The van der Waals surface area contributed by atoms with Crippen molar-refractivity contribution in [3.63, 3.8) is 0 Å². The van der Waals surface area contributed by atoms with Gasteiger partial charge in [0.2, 0.25) is 5.91 Å². The third kappa shape index (κ3) is 4.36. The number of nitrogens with one attached hydrogen (secondary N) is 1. The molecule has 0 bridgehead atoms. The monoisotopic (exact) mass is 255 g/mol. The van der Waals surface area contributed by atoms with E-state index in [9.17, 15) is 19.2 Å². The second-order valence-corrected chi connectivity index (χ2v) is 3.48. The Labute approximate surface area is 103 Å². The van der Waals surface area contributed by atoms with E-state index in [1.54, 1.807) is 6.92 Å². The molecule has 1 fully saturated rings. The number of Topliss-reactive ketones (excluding diaryl/α,β-unsaturated/α-hetero) is 1. The highest BCUT2D eigenvalue weighted by Gasteiger charge is 2.30. The lowest BCUT2D eigenvalue weighted by molar-refractivity contribution is -0.141. The van der Waals surface area contributed by atoms with Crippen LogP contribution in [-0.2, 0) is 28.7 Å². The molecule has 1 atom stereocenters. The normalized spacial score (nSPS) is 18.8. The average Bonchev–Trinajstić information content (AvgIpc) is 2.63. The maximum Gasteiger partial charge on any atom is 0.331 e. The maximum absolute atomic E-state index is 11.2. The van der Waals surface area contributed by atoms with Crippen LogP contribution in [0.2, 0.25) is 0 Å². The van der Waals surface area contributed by atoms with Gasteiger partial charge in [-0.15, -0.1) is 0 Å². The molecule has 0 saturated carbocycles. The fourth-order valence-corrected chi connectivity index (χ4v) is 1.28. The van der Waals surface area contributed by atoms with Crippen LogP contribution >= 0.6 is 0 Å². The summed E-state index contributed by atoms with van der Waals surface area (Å²) in [4.78, 5) is 44.1. The zero-order valence-electron chi connectivity index (χ0n) is 9.80. The molecule has 1 heterocycles. The van der Waals surface area contributed by atoms with Gasteiger partial charge in [0.1, 0.15) is 12.6 Å². The Bertz CT molecular complexity index is 400. The van der Waals surface area contributed by atoms with Gasteiger partial charge in [0.15, 0.2) is 5.78 Å². The van der Waals surface area contributed by atoms with Crippen molar-refractivity contribution in [2.45, 2.75) is 19.4 Å². The van der Waals surface area contributed by atoms with Crippen LogP contribution in [0.1, 0.15) is 13.3 Å². The smallest absolute Gasteiger partial charge is 0.331 e. The predicted octanol–water partition coefficient (Wildman–Crippen LogP) is -0.894. The van der Waals surface area contributed by atoms with Crippen molar-refractivity contribution < 1.29 is 28.7 Å². The van der Waals surface area contributed by atoms with Gasteiger partial charge in [-0.3, -0.25) is 9.59 Å². The van der Waals surface area contributed by atoms with Gasteiger partial charge >= 0.3 is 11.9 Å². The molecule has 7 heteroatoms. The van der Waals surface area contributed by atoms with E-state index in [2.05, 4.69) is 10.1 Å². The van der Waals surface area contributed by atoms with Gasteiger partial charge in [0.25, 0.3) is 0 Å². The van der Waals surface area contributed by atoms with E-state index in [1.165, 1.54) is 0 Å². The van der Waals surface area contributed by atoms with E-state index < -0.39 is 18.0 Å². The molecule has 0 aliphatic carbocycles. The standard InChI is InChI=1S/C11H13NO6/c1-2-17-10(15)3-4-11(16)18-6-7-8(13)5-9(14)12-7/h3-4,7H,2,5-6H2,1H3,(H,12,14)/b4-3+. The molecule has 1 saturated heterocycles. The van der Waals surface area contributed by atoms with Crippen LogP contribution in [0.4, 0.5) is 0 Å². The van der Waals surface area contributed by atoms with E-state index in [-0.39, 0.29) is 31.3 Å². The molecular weight excluding hydrogens is 242 g/mol. The van der Waals surface area contributed by atoms with Gasteiger partial charge in [-0.1, -0.05) is 0 Å². The van der Waals surface area contributed by atoms with Crippen LogP contribution in [-0.4, -0.2) is 42.9 Å². The third-order valence-electron chi connectivity index (χ3n) is 2.09. The van der Waals surface area contributed by atoms with E-state index in [0.717, 1.165) is 12.2 Å². The van der Waals surface area contributed by atoms with Crippen molar-refractivity contribution in [3.8, 4) is 0 Å². The van der Waals surface area contributed by atoms with Crippen molar-refractivity contribution in [3.05, 3.63) is 12.2 Å². The van der Waals surface area contributed by atoms with Crippen molar-refractivity contribution in [2.24, 2.45) is 0 Å². The molecule has 1 unspecified atom stereocenters. The van der Waals surface area contributed by atoms with Crippen LogP contribution in [0, 0.1) is 0 Å². The number of esters is 2. The van der Waals surface area contributed by atoms with Gasteiger partial charge in [-0.2, -0.15) is 0 Å². The summed E-state index contributed by atoms with van der Waals surface area (Å²) in [5.41, 5.74) is 0. The largest absolute Gasteiger partial charge is 0.463 e. The van der Waals surface area contributed by atoms with Crippen LogP contribution < -0.4 is 5.32 Å². The first-order chi connectivity index (χ1) is 8.52. The molecule has 98 valence electrons. The molecule has 0 aromatic carbocycles. The minimum absolute atomic E-state index is 0.194. The van der Waals surface area contributed by atoms with E-state index in [1.807, 2.05) is 0 Å². The highest BCUT2D eigenvalue weighted by Crippen LogP contribution is 2.02. The Morgan fingerprint density at radius 1 is 1.28 bits per heavy atom. The second-order valence-electron chi connectivity index (χ2n) is 3.48. The first-order valence-electron chi connectivity index (χ1n) is 5.36. The fraction of sp³-hybridized carbons (Fsp3) is 0.455. The Kier molecular flexibility index (Phi) is 5.04. The zero-order chi connectivity index (χ0) is 13.5. The van der Waals surface area contributed by atoms with Crippen LogP contribution in [0.25, 0.3) is 0 Å². The minimum Gasteiger partial charge on any atom is -0.463 e. The third-order valence-corrected chi connectivity index (χ3v) is 2.09. The van der Waals surface area contributed by atoms with E-state index in [0.29, 0.717) is 0 Å². The molecule has 1 aliphatic heterocycles. The average molecular weight is 255 g/mol. The van der Waals surface area contributed by atoms with Gasteiger partial charge in [0, 0.05) is 12.2 Å². The number of ketones is 1. The highest BCUT2D eigenvalue weighted by molar-refractivity contribution is 6.07. The lowest BCUT2D eigenvalue weighted by Gasteiger charge is -2.07. The highest BCUT2D eigenvalue weighted by atomic mass is 16.5. The van der Waals surface area contributed by atoms with Crippen molar-refractivity contribution in [1.82, 2.24) is 5.32 Å². The zero-order valence-corrected chi connectivity index (χ0v) is 9.80. The molecule has 0 aromatic heterocycles. The number of ether oxygens (including phenoxy) is 2. The van der Waals surface area contributed by atoms with E-state index >= 15 is 0 Å². The molecule has 7 nitrogen and oxygen atoms in total. The molecule has 18 heavy (non-hydrogen) atoms. The van der Waals surface area contributed by atoms with Crippen molar-refractivity contribution in [2.75, 3.05) is 13.2 Å². The van der Waals surface area contributed by atoms with Crippen LogP contribution in [0.3, 0.4) is 0 Å². The summed E-state index contributed by atoms with van der Waals surface area (Å²) in [5, 5.41) is 2.36. The Hall–Kier alpha value is -2.18. The van der Waals surface area contributed by atoms with Crippen LogP contribution in [0.15, 0.2) is 12.2 Å². The summed E-state index contributed by atoms with van der Waals surface area (Å²) in [6, 6.07) is -0.794. The summed E-state index contributed by atoms with van der Waals surface area (Å²) in [7, 11) is 0. The topological polar surface area (TPSA) is 98.8 Å². The fourth-order valence-electron chi connectivity index (χ4n) is 1.28. The first kappa shape index (κ1) is 13.9. The Morgan fingerprint density at radius 2 is 1.89 bits per heavy atom. The molecule has 1 aliphatic rings. The van der Waals surface area contributed by atoms with Gasteiger partial charge in [-0.25, -0.2) is 9.59 Å². The summed E-state index contributed by atoms with van der Waals surface area (Å²) in [6.07, 6.45) is 1.64. The minimum atomic E-state index is -0.794. The van der Waals surface area contributed by atoms with Crippen molar-refractivity contribution >= 4 is 23.6 Å². The second kappa shape index (κ2) is 6.53.